The van der Waals surface area contributed by atoms with E-state index in [2.05, 4.69) is 0 Å². The maximum atomic E-state index is 12.7. The van der Waals surface area contributed by atoms with Crippen LogP contribution in [0.15, 0.2) is 18.2 Å². The van der Waals surface area contributed by atoms with E-state index in [1.165, 1.54) is 19.1 Å². The Balaban J connectivity index is 2.44. The van der Waals surface area contributed by atoms with Crippen LogP contribution in [0.1, 0.15) is 29.5 Å². The summed E-state index contributed by atoms with van der Waals surface area (Å²) in [5.74, 6) is 0. The van der Waals surface area contributed by atoms with E-state index >= 15 is 0 Å². The highest BCUT2D eigenvalue weighted by molar-refractivity contribution is 5.39. The molecule has 0 saturated heterocycles. The highest BCUT2D eigenvalue weighted by Crippen LogP contribution is 2.48. The van der Waals surface area contributed by atoms with Crippen LogP contribution in [-0.2, 0) is 11.6 Å². The molecule has 1 aliphatic rings. The Hall–Kier alpha value is -1.03. The molecular formula is C12H13F3O. The number of alkyl halides is 3. The summed E-state index contributed by atoms with van der Waals surface area (Å²) < 4.78 is 38.0. The zero-order chi connectivity index (χ0) is 12.0. The van der Waals surface area contributed by atoms with Gasteiger partial charge in [-0.05, 0) is 37.0 Å². The third kappa shape index (κ3) is 1.82. The molecule has 0 atom stereocenters. The van der Waals surface area contributed by atoms with Gasteiger partial charge in [-0.3, -0.25) is 0 Å². The quantitative estimate of drug-likeness (QED) is 0.827. The molecule has 0 aliphatic heterocycles. The predicted octanol–water partition coefficient (Wildman–Crippen LogP) is 3.04. The number of halogens is 3. The van der Waals surface area contributed by atoms with Gasteiger partial charge in [0.15, 0.2) is 0 Å². The van der Waals surface area contributed by atoms with Gasteiger partial charge < -0.3 is 5.11 Å². The highest BCUT2D eigenvalue weighted by atomic mass is 19.4. The Kier molecular flexibility index (Phi) is 2.49. The van der Waals surface area contributed by atoms with E-state index in [9.17, 15) is 18.3 Å². The molecule has 16 heavy (non-hydrogen) atoms. The number of aryl methyl sites for hydroxylation is 1. The van der Waals surface area contributed by atoms with Crippen molar-refractivity contribution in [3.63, 3.8) is 0 Å². The predicted molar refractivity (Wildman–Crippen MR) is 54.2 cm³/mol. The minimum atomic E-state index is -4.31. The van der Waals surface area contributed by atoms with Gasteiger partial charge in [0.25, 0.3) is 0 Å². The summed E-state index contributed by atoms with van der Waals surface area (Å²) in [5, 5.41) is 9.19. The highest BCUT2D eigenvalue weighted by Gasteiger charge is 2.45. The van der Waals surface area contributed by atoms with E-state index in [1.54, 1.807) is 6.07 Å². The van der Waals surface area contributed by atoms with Gasteiger partial charge in [0, 0.05) is 5.41 Å². The van der Waals surface area contributed by atoms with Crippen LogP contribution >= 0.6 is 0 Å². The summed E-state index contributed by atoms with van der Waals surface area (Å²) in [6.07, 6.45) is -2.78. The van der Waals surface area contributed by atoms with E-state index in [0.717, 1.165) is 12.8 Å². The molecule has 2 rings (SSSR count). The van der Waals surface area contributed by atoms with Crippen molar-refractivity contribution in [1.29, 1.82) is 0 Å². The second-order valence-corrected chi connectivity index (χ2v) is 4.47. The molecule has 4 heteroatoms. The minimum Gasteiger partial charge on any atom is -0.395 e. The molecule has 0 amide bonds. The first-order chi connectivity index (χ1) is 7.39. The zero-order valence-electron chi connectivity index (χ0n) is 8.93. The fraction of sp³-hybridized carbons (Fsp3) is 0.500. The van der Waals surface area contributed by atoms with Crippen molar-refractivity contribution in [2.24, 2.45) is 0 Å². The third-order valence-corrected chi connectivity index (χ3v) is 3.31. The Morgan fingerprint density at radius 2 is 1.94 bits per heavy atom. The van der Waals surface area contributed by atoms with Crippen LogP contribution in [0.2, 0.25) is 0 Å². The molecule has 1 N–H and O–H groups in total. The Bertz CT molecular complexity index is 405. The summed E-state index contributed by atoms with van der Waals surface area (Å²) in [5.41, 5.74) is -0.170. The summed E-state index contributed by atoms with van der Waals surface area (Å²) in [6.45, 7) is 1.37. The van der Waals surface area contributed by atoms with Crippen molar-refractivity contribution in [3.8, 4) is 0 Å². The van der Waals surface area contributed by atoms with Crippen molar-refractivity contribution < 1.29 is 18.3 Å². The molecule has 1 aromatic rings. The third-order valence-electron chi connectivity index (χ3n) is 3.31. The van der Waals surface area contributed by atoms with Crippen molar-refractivity contribution in [2.45, 2.75) is 31.4 Å². The van der Waals surface area contributed by atoms with Crippen LogP contribution in [0.25, 0.3) is 0 Å². The number of aliphatic hydroxyl groups excluding tert-OH is 1. The molecule has 0 aromatic heterocycles. The van der Waals surface area contributed by atoms with Gasteiger partial charge in [0.05, 0.1) is 12.2 Å². The molecule has 0 unspecified atom stereocenters. The fourth-order valence-corrected chi connectivity index (χ4v) is 1.95. The molecule has 1 aromatic carbocycles. The fourth-order valence-electron chi connectivity index (χ4n) is 1.95. The average Bonchev–Trinajstić information content (AvgIpc) is 2.97. The molecule has 1 aliphatic carbocycles. The molecular weight excluding hydrogens is 217 g/mol. The Morgan fingerprint density at radius 3 is 2.38 bits per heavy atom. The monoisotopic (exact) mass is 230 g/mol. The van der Waals surface area contributed by atoms with Crippen LogP contribution in [0, 0.1) is 6.92 Å². The van der Waals surface area contributed by atoms with Crippen molar-refractivity contribution in [1.82, 2.24) is 0 Å². The lowest BCUT2D eigenvalue weighted by Crippen LogP contribution is -2.15. The van der Waals surface area contributed by atoms with Crippen LogP contribution < -0.4 is 0 Å². The molecule has 1 fully saturated rings. The van der Waals surface area contributed by atoms with E-state index < -0.39 is 17.2 Å². The van der Waals surface area contributed by atoms with Gasteiger partial charge in [-0.25, -0.2) is 0 Å². The van der Waals surface area contributed by atoms with Gasteiger partial charge in [-0.15, -0.1) is 0 Å². The van der Waals surface area contributed by atoms with Crippen LogP contribution in [0.3, 0.4) is 0 Å². The summed E-state index contributed by atoms with van der Waals surface area (Å²) in [7, 11) is 0. The SMILES string of the molecule is Cc1ccc(C2(CO)CC2)cc1C(F)(F)F. The van der Waals surface area contributed by atoms with Crippen molar-refractivity contribution in [2.75, 3.05) is 6.61 Å². The number of benzene rings is 1. The van der Waals surface area contributed by atoms with Crippen LogP contribution in [0.5, 0.6) is 0 Å². The van der Waals surface area contributed by atoms with Gasteiger partial charge in [0.1, 0.15) is 0 Å². The maximum Gasteiger partial charge on any atom is 0.416 e. The topological polar surface area (TPSA) is 20.2 Å². The number of aliphatic hydroxyl groups is 1. The molecule has 0 bridgehead atoms. The normalized spacial score (nSPS) is 18.6. The van der Waals surface area contributed by atoms with Crippen molar-refractivity contribution >= 4 is 0 Å². The van der Waals surface area contributed by atoms with E-state index in [1.807, 2.05) is 0 Å². The summed E-state index contributed by atoms with van der Waals surface area (Å²) >= 11 is 0. The molecule has 1 saturated carbocycles. The first kappa shape index (κ1) is 11.5. The molecule has 1 nitrogen and oxygen atoms in total. The second-order valence-electron chi connectivity index (χ2n) is 4.47. The van der Waals surface area contributed by atoms with Crippen LogP contribution in [-0.4, -0.2) is 11.7 Å². The first-order valence-corrected chi connectivity index (χ1v) is 5.18. The second kappa shape index (κ2) is 3.48. The molecule has 88 valence electrons. The minimum absolute atomic E-state index is 0.0760. The lowest BCUT2D eigenvalue weighted by molar-refractivity contribution is -0.138. The maximum absolute atomic E-state index is 12.7. The van der Waals surface area contributed by atoms with Gasteiger partial charge in [-0.2, -0.15) is 13.2 Å². The van der Waals surface area contributed by atoms with Gasteiger partial charge in [0.2, 0.25) is 0 Å². The molecule has 0 spiro atoms. The Morgan fingerprint density at radius 1 is 1.31 bits per heavy atom. The summed E-state index contributed by atoms with van der Waals surface area (Å²) in [6, 6.07) is 4.35. The molecule has 0 radical (unpaired) electrons. The molecule has 0 heterocycles. The van der Waals surface area contributed by atoms with E-state index in [4.69, 9.17) is 0 Å². The zero-order valence-corrected chi connectivity index (χ0v) is 8.93. The lowest BCUT2D eigenvalue weighted by Gasteiger charge is -2.16. The first-order valence-electron chi connectivity index (χ1n) is 5.18. The van der Waals surface area contributed by atoms with Gasteiger partial charge in [-0.1, -0.05) is 12.1 Å². The standard InChI is InChI=1S/C12H13F3O/c1-8-2-3-9(11(7-16)4-5-11)6-10(8)12(13,14)15/h2-3,6,16H,4-5,7H2,1H3. The van der Waals surface area contributed by atoms with Crippen molar-refractivity contribution in [3.05, 3.63) is 34.9 Å². The van der Waals surface area contributed by atoms with E-state index in [-0.39, 0.29) is 12.2 Å². The van der Waals surface area contributed by atoms with E-state index in [0.29, 0.717) is 5.56 Å². The van der Waals surface area contributed by atoms with Gasteiger partial charge >= 0.3 is 6.18 Å². The number of hydrogen-bond acceptors (Lipinski definition) is 1. The Labute approximate surface area is 91.9 Å². The average molecular weight is 230 g/mol. The summed E-state index contributed by atoms with van der Waals surface area (Å²) in [4.78, 5) is 0. The lowest BCUT2D eigenvalue weighted by atomic mass is 9.93. The number of hydrogen-bond donors (Lipinski definition) is 1. The largest absolute Gasteiger partial charge is 0.416 e. The van der Waals surface area contributed by atoms with Crippen LogP contribution in [0.4, 0.5) is 13.2 Å². The number of rotatable bonds is 2. The smallest absolute Gasteiger partial charge is 0.395 e.